The summed E-state index contributed by atoms with van der Waals surface area (Å²) in [7, 11) is 2.10. The van der Waals surface area contributed by atoms with Gasteiger partial charge in [-0.05, 0) is 12.8 Å². The number of hydrogen-bond donors (Lipinski definition) is 0. The van der Waals surface area contributed by atoms with E-state index in [1.807, 2.05) is 12.5 Å². The van der Waals surface area contributed by atoms with Gasteiger partial charge in [-0.1, -0.05) is 39.5 Å². The molecular formula is C13H24N2. The van der Waals surface area contributed by atoms with Crippen LogP contribution in [0.15, 0.2) is 12.5 Å². The number of nitrogens with zero attached hydrogens (tertiary/aromatic N) is 2. The van der Waals surface area contributed by atoms with Crippen LogP contribution in [0.2, 0.25) is 0 Å². The lowest BCUT2D eigenvalue weighted by atomic mass is 9.93. The Morgan fingerprint density at radius 2 is 2.00 bits per heavy atom. The first kappa shape index (κ1) is 12.3. The molecule has 2 heteroatoms. The van der Waals surface area contributed by atoms with E-state index in [0.717, 1.165) is 0 Å². The van der Waals surface area contributed by atoms with E-state index < -0.39 is 0 Å². The Balaban J connectivity index is 2.53. The van der Waals surface area contributed by atoms with E-state index in [9.17, 15) is 0 Å². The van der Waals surface area contributed by atoms with Gasteiger partial charge in [-0.25, -0.2) is 4.98 Å². The van der Waals surface area contributed by atoms with Crippen molar-refractivity contribution >= 4 is 0 Å². The topological polar surface area (TPSA) is 17.8 Å². The molecule has 2 nitrogen and oxygen atoms in total. The first-order valence-corrected chi connectivity index (χ1v) is 6.25. The van der Waals surface area contributed by atoms with Crippen LogP contribution in [-0.4, -0.2) is 9.55 Å². The number of rotatable bonds is 7. The summed E-state index contributed by atoms with van der Waals surface area (Å²) in [6.45, 7) is 4.53. The van der Waals surface area contributed by atoms with Crippen molar-refractivity contribution in [2.24, 2.45) is 7.05 Å². The van der Waals surface area contributed by atoms with Crippen molar-refractivity contribution in [2.45, 2.75) is 58.3 Å². The molecular weight excluding hydrogens is 184 g/mol. The van der Waals surface area contributed by atoms with E-state index in [1.165, 1.54) is 44.2 Å². The van der Waals surface area contributed by atoms with Gasteiger partial charge in [0.05, 0.1) is 6.33 Å². The van der Waals surface area contributed by atoms with Crippen LogP contribution < -0.4 is 0 Å². The van der Waals surface area contributed by atoms with E-state index >= 15 is 0 Å². The van der Waals surface area contributed by atoms with Crippen LogP contribution in [-0.2, 0) is 7.05 Å². The molecule has 0 aliphatic carbocycles. The fraction of sp³-hybridized carbons (Fsp3) is 0.769. The molecule has 0 aliphatic heterocycles. The molecule has 1 aromatic rings. The van der Waals surface area contributed by atoms with Gasteiger partial charge in [0.15, 0.2) is 0 Å². The highest BCUT2D eigenvalue weighted by molar-refractivity contribution is 5.05. The molecule has 0 aliphatic rings. The van der Waals surface area contributed by atoms with E-state index in [1.54, 1.807) is 0 Å². The lowest BCUT2D eigenvalue weighted by molar-refractivity contribution is 0.507. The molecule has 1 rings (SSSR count). The lowest BCUT2D eigenvalue weighted by Gasteiger charge is -2.16. The highest BCUT2D eigenvalue weighted by atomic mass is 15.0. The van der Waals surface area contributed by atoms with Gasteiger partial charge in [0.2, 0.25) is 0 Å². The molecule has 0 spiro atoms. The lowest BCUT2D eigenvalue weighted by Crippen LogP contribution is -2.04. The summed E-state index contributed by atoms with van der Waals surface area (Å²) in [6, 6.07) is 0. The van der Waals surface area contributed by atoms with E-state index in [-0.39, 0.29) is 0 Å². The molecule has 0 bridgehead atoms. The van der Waals surface area contributed by atoms with Crippen LogP contribution in [0.3, 0.4) is 0 Å². The van der Waals surface area contributed by atoms with Gasteiger partial charge in [0, 0.05) is 24.9 Å². The quantitative estimate of drug-likeness (QED) is 0.622. The van der Waals surface area contributed by atoms with Crippen molar-refractivity contribution in [1.82, 2.24) is 9.55 Å². The van der Waals surface area contributed by atoms with Crippen molar-refractivity contribution in [2.75, 3.05) is 0 Å². The maximum Gasteiger partial charge on any atom is 0.0945 e. The van der Waals surface area contributed by atoms with Crippen LogP contribution in [0.1, 0.15) is 64.0 Å². The monoisotopic (exact) mass is 208 g/mol. The number of aromatic nitrogens is 2. The summed E-state index contributed by atoms with van der Waals surface area (Å²) in [5.74, 6) is 0.717. The zero-order chi connectivity index (χ0) is 11.1. The molecule has 1 atom stereocenters. The third kappa shape index (κ3) is 3.69. The summed E-state index contributed by atoms with van der Waals surface area (Å²) in [4.78, 5) is 4.22. The highest BCUT2D eigenvalue weighted by Gasteiger charge is 2.13. The Hall–Kier alpha value is -0.790. The Kier molecular flexibility index (Phi) is 5.44. The third-order valence-electron chi connectivity index (χ3n) is 3.07. The van der Waals surface area contributed by atoms with Gasteiger partial charge < -0.3 is 4.57 Å². The summed E-state index contributed by atoms with van der Waals surface area (Å²) >= 11 is 0. The van der Waals surface area contributed by atoms with Gasteiger partial charge >= 0.3 is 0 Å². The van der Waals surface area contributed by atoms with E-state index in [2.05, 4.69) is 30.4 Å². The maximum atomic E-state index is 4.22. The fourth-order valence-corrected chi connectivity index (χ4v) is 2.19. The first-order chi connectivity index (χ1) is 7.29. The van der Waals surface area contributed by atoms with Crippen molar-refractivity contribution in [3.8, 4) is 0 Å². The summed E-state index contributed by atoms with van der Waals surface area (Å²) < 4.78 is 2.17. The van der Waals surface area contributed by atoms with Gasteiger partial charge in [-0.3, -0.25) is 0 Å². The minimum absolute atomic E-state index is 0.717. The minimum atomic E-state index is 0.717. The Morgan fingerprint density at radius 1 is 1.20 bits per heavy atom. The summed E-state index contributed by atoms with van der Waals surface area (Å²) in [5, 5.41) is 0. The first-order valence-electron chi connectivity index (χ1n) is 6.25. The molecule has 15 heavy (non-hydrogen) atoms. The largest absolute Gasteiger partial charge is 0.337 e. The van der Waals surface area contributed by atoms with Gasteiger partial charge in [0.25, 0.3) is 0 Å². The molecule has 0 radical (unpaired) electrons. The maximum absolute atomic E-state index is 4.22. The van der Waals surface area contributed by atoms with Gasteiger partial charge in [0.1, 0.15) is 0 Å². The van der Waals surface area contributed by atoms with Crippen molar-refractivity contribution in [1.29, 1.82) is 0 Å². The van der Waals surface area contributed by atoms with Crippen LogP contribution in [0.4, 0.5) is 0 Å². The van der Waals surface area contributed by atoms with E-state index in [0.29, 0.717) is 5.92 Å². The van der Waals surface area contributed by atoms with Crippen molar-refractivity contribution in [3.05, 3.63) is 18.2 Å². The van der Waals surface area contributed by atoms with Crippen LogP contribution >= 0.6 is 0 Å². The molecule has 0 saturated carbocycles. The molecule has 0 aromatic carbocycles. The molecule has 0 saturated heterocycles. The van der Waals surface area contributed by atoms with E-state index in [4.69, 9.17) is 0 Å². The summed E-state index contributed by atoms with van der Waals surface area (Å²) in [6.07, 6.45) is 11.9. The second-order valence-electron chi connectivity index (χ2n) is 4.41. The predicted molar refractivity (Wildman–Crippen MR) is 65.0 cm³/mol. The fourth-order valence-electron chi connectivity index (χ4n) is 2.19. The highest BCUT2D eigenvalue weighted by Crippen LogP contribution is 2.26. The standard InChI is InChI=1S/C13H24N2/c1-4-6-7-9-12(8-5-2)13-10-14-11-15(13)3/h10-12H,4-9H2,1-3H3/t12-/m1/s1. The summed E-state index contributed by atoms with van der Waals surface area (Å²) in [5.41, 5.74) is 1.41. The normalized spacial score (nSPS) is 13.0. The van der Waals surface area contributed by atoms with Gasteiger partial charge in [-0.2, -0.15) is 0 Å². The molecule has 0 fully saturated rings. The Labute approximate surface area is 93.7 Å². The Morgan fingerprint density at radius 3 is 2.53 bits per heavy atom. The average Bonchev–Trinajstić information content (AvgIpc) is 2.64. The third-order valence-corrected chi connectivity index (χ3v) is 3.07. The average molecular weight is 208 g/mol. The molecule has 0 N–H and O–H groups in total. The van der Waals surface area contributed by atoms with Crippen LogP contribution in [0.5, 0.6) is 0 Å². The van der Waals surface area contributed by atoms with Gasteiger partial charge in [-0.15, -0.1) is 0 Å². The molecule has 86 valence electrons. The van der Waals surface area contributed by atoms with Crippen molar-refractivity contribution in [3.63, 3.8) is 0 Å². The minimum Gasteiger partial charge on any atom is -0.337 e. The zero-order valence-electron chi connectivity index (χ0n) is 10.4. The zero-order valence-corrected chi connectivity index (χ0v) is 10.4. The molecule has 0 amide bonds. The number of imidazole rings is 1. The second-order valence-corrected chi connectivity index (χ2v) is 4.41. The SMILES string of the molecule is CCCCC[C@@H](CCC)c1cncn1C. The smallest absolute Gasteiger partial charge is 0.0945 e. The number of unbranched alkanes of at least 4 members (excludes halogenated alkanes) is 2. The predicted octanol–water partition coefficient (Wildman–Crippen LogP) is 3.88. The molecule has 1 heterocycles. The van der Waals surface area contributed by atoms with Crippen LogP contribution in [0, 0.1) is 0 Å². The molecule has 1 aromatic heterocycles. The molecule has 0 unspecified atom stereocenters. The van der Waals surface area contributed by atoms with Crippen molar-refractivity contribution < 1.29 is 0 Å². The van der Waals surface area contributed by atoms with Crippen LogP contribution in [0.25, 0.3) is 0 Å². The number of aryl methyl sites for hydroxylation is 1. The second kappa shape index (κ2) is 6.65. The number of hydrogen-bond acceptors (Lipinski definition) is 1. The Bertz CT molecular complexity index is 265.